The number of aromatic amines is 6. The summed E-state index contributed by atoms with van der Waals surface area (Å²) < 4.78 is 13.1. The minimum Gasteiger partial charge on any atom is -0.481 e. The first-order chi connectivity index (χ1) is 61.9. The summed E-state index contributed by atoms with van der Waals surface area (Å²) in [5, 5.41) is 46.8. The van der Waals surface area contributed by atoms with Gasteiger partial charge in [-0.2, -0.15) is 0 Å². The van der Waals surface area contributed by atoms with E-state index in [1.54, 1.807) is 105 Å². The van der Waals surface area contributed by atoms with Gasteiger partial charge in [-0.1, -0.05) is 86.3 Å². The van der Waals surface area contributed by atoms with Crippen molar-refractivity contribution in [2.45, 2.75) is 52.4 Å². The molecule has 14 aromatic rings. The summed E-state index contributed by atoms with van der Waals surface area (Å²) in [5.74, 6) is -5.45. The summed E-state index contributed by atoms with van der Waals surface area (Å²) >= 11 is 15.6. The molecule has 6 aromatic carbocycles. The number of carboxylic acids is 3. The number of aromatic nitrogens is 8. The number of halogens is 5. The van der Waals surface area contributed by atoms with Crippen LogP contribution in [-0.2, 0) is 23.9 Å². The predicted molar refractivity (Wildman–Crippen MR) is 508 cm³/mol. The maximum atomic E-state index is 12.4. The number of nitrogens with two attached hydrogens (primary N) is 2. The van der Waals surface area contributed by atoms with Gasteiger partial charge in [0.25, 0.3) is 35.4 Å². The van der Waals surface area contributed by atoms with Gasteiger partial charge in [-0.15, -0.1) is 0 Å². The number of esters is 2. The summed E-state index contributed by atoms with van der Waals surface area (Å²) in [5.41, 5.74) is 19.9. The van der Waals surface area contributed by atoms with Crippen LogP contribution in [0.25, 0.3) is 65.4 Å². The van der Waals surface area contributed by atoms with Crippen LogP contribution in [0.3, 0.4) is 0 Å². The van der Waals surface area contributed by atoms with Gasteiger partial charge in [0, 0.05) is 166 Å². The number of alkyl halides is 1. The number of hydrogen-bond donors (Lipinski definition) is 17. The number of nitrogens with zero attached hydrogens (tertiary/aromatic N) is 2. The van der Waals surface area contributed by atoms with Gasteiger partial charge >= 0.3 is 29.8 Å². The molecule has 3 aliphatic rings. The highest BCUT2D eigenvalue weighted by Crippen LogP contribution is 2.32. The van der Waals surface area contributed by atoms with Crippen molar-refractivity contribution in [3.63, 3.8) is 0 Å². The minimum absolute atomic E-state index is 0.00250. The third kappa shape index (κ3) is 28.0. The average Bonchev–Trinajstić information content (AvgIpc) is 1.62. The van der Waals surface area contributed by atoms with E-state index in [1.165, 1.54) is 12.1 Å². The van der Waals surface area contributed by atoms with Crippen LogP contribution < -0.4 is 43.4 Å². The standard InChI is InChI=1S/C18H14N4O3.C14H15BrN2O3.C13H10N2O4.C12H11BrN2O3.C12H9BrN2O2.C9H6BrNO2.C5H6N2.C5H11NO2.CH3I/c23-14-5-7-20-18(25)16-15(14)12-8-10(3-4-13(12)22-16)17(24)21-11-2-1-6-19-9-11;1-2-20-13(18)5-6-16-14(19)12-8-9-7-10(15)3-4-11(9)17-12;16-9-3-4-14-12(17)11-10(9)7-5-6(13(18)19)1-2-8(7)15-11;13-8-1-2-9-7(5-8)6-10(15-9)12(18)14-4-3-11(16)17;13-6-1-2-8-7(5-6)10-9(16)3-4-14-12(17)11(10)15-8;10-6-1-2-7-5(3-6)4-8(11-7)9(12)13;6-5-2-1-3-7-4-5;1-2-8-5(7)3-4-6;1-2/h1-4,6,8-9,22H,5,7H2,(H,20,25)(H,21,24);3-4,7-8,17H,2,5-6H2,1H3,(H,16,19);1-2,5,15H,3-4H2,(H,14,17)(H,18,19);1-2,5-6,15H,3-4H2,(H,14,18)(H,16,17);1-2,5,15H,3-4H2,(H,14,17);1-4,11H,(H,12,13);1-4H,6H2;2-4,6H2,1H3;1H3. The van der Waals surface area contributed by atoms with Gasteiger partial charge in [0.15, 0.2) is 17.3 Å². The molecule has 40 heteroatoms. The second-order valence-electron chi connectivity index (χ2n) is 27.5. The number of nitrogens with one attached hydrogen (secondary N) is 12. The number of Topliss-reactive ketones (excluding diaryl/α,β-unsaturated/α-hetero) is 3. The lowest BCUT2D eigenvalue weighted by Crippen LogP contribution is -2.26. The van der Waals surface area contributed by atoms with Gasteiger partial charge in [0.2, 0.25) is 0 Å². The first-order valence-electron chi connectivity index (χ1n) is 39.3. The van der Waals surface area contributed by atoms with E-state index in [4.69, 9.17) is 31.5 Å². The number of fused-ring (bicyclic) bond motifs is 12. The Morgan fingerprint density at radius 1 is 0.434 bits per heavy atom. The normalized spacial score (nSPS) is 12.2. The zero-order valence-electron chi connectivity index (χ0n) is 69.0. The zero-order chi connectivity index (χ0) is 93.5. The Labute approximate surface area is 781 Å². The number of pyridine rings is 2. The number of carbonyl (C=O) groups is 14. The monoisotopic (exact) mass is 2120 g/mol. The largest absolute Gasteiger partial charge is 0.481 e. The Kier molecular flexibility index (Phi) is 37.2. The Hall–Kier alpha value is -13.6. The van der Waals surface area contributed by atoms with E-state index in [0.717, 1.165) is 61.5 Å². The number of amides is 6. The van der Waals surface area contributed by atoms with Crippen LogP contribution in [0.1, 0.15) is 167 Å². The molecule has 0 unspecified atom stereocenters. The van der Waals surface area contributed by atoms with Crippen molar-refractivity contribution >= 4 is 246 Å². The molecule has 3 aliphatic heterocycles. The SMILES string of the molecule is CCOC(=O)CCN.CCOC(=O)CCNC(=O)c1cc2cc(Br)ccc2[nH]1.CI.Nc1cccnc1.O=C(Nc1cccnc1)c1ccc2[nH]c3c(c2c1)C(=O)CCNC3=O.O=C(O)CCNC(=O)c1cc2cc(Br)ccc2[nH]1.O=C(O)c1cc2cc(Br)ccc2[nH]1.O=C(O)c1ccc2[nH]c3c(c2c1)C(=O)CCNC3=O.O=C1NCCC(=O)c2c1[nH]c1ccc(Br)cc21. The molecule has 35 nitrogen and oxygen atoms in total. The molecule has 17 rings (SSSR count). The average molecular weight is 2130 g/mol. The van der Waals surface area contributed by atoms with Gasteiger partial charge in [-0.05, 0) is 170 Å². The highest BCUT2D eigenvalue weighted by atomic mass is 127. The van der Waals surface area contributed by atoms with Crippen molar-refractivity contribution in [3.8, 4) is 0 Å². The molecule has 6 amide bonds. The van der Waals surface area contributed by atoms with Crippen LogP contribution in [-0.4, -0.2) is 195 Å². The number of aliphatic carboxylic acids is 1. The van der Waals surface area contributed by atoms with Crippen molar-refractivity contribution in [1.82, 2.24) is 66.5 Å². The van der Waals surface area contributed by atoms with E-state index < -0.39 is 17.9 Å². The number of carboxylic acid groups (broad SMARTS) is 3. The second-order valence-corrected chi connectivity index (χ2v) is 31.2. The topological polar surface area (TPSA) is 563 Å². The molecule has 0 saturated heterocycles. The number of benzene rings is 6. The summed E-state index contributed by atoms with van der Waals surface area (Å²) in [4.78, 5) is 189. The molecule has 0 aliphatic carbocycles. The zero-order valence-corrected chi connectivity index (χ0v) is 77.5. The smallest absolute Gasteiger partial charge is 0.352 e. The third-order valence-electron chi connectivity index (χ3n) is 18.6. The van der Waals surface area contributed by atoms with Crippen molar-refractivity contribution in [1.29, 1.82) is 0 Å². The number of H-pyrrole nitrogens is 6. The molecule has 129 heavy (non-hydrogen) atoms. The number of nitrogen functional groups attached to an aromatic ring is 1. The van der Waals surface area contributed by atoms with Crippen LogP contribution in [0.4, 0.5) is 11.4 Å². The maximum Gasteiger partial charge on any atom is 0.352 e. The maximum absolute atomic E-state index is 12.4. The summed E-state index contributed by atoms with van der Waals surface area (Å²) in [7, 11) is 0. The molecule has 11 heterocycles. The van der Waals surface area contributed by atoms with Crippen molar-refractivity contribution in [2.75, 3.05) is 68.5 Å². The third-order valence-corrected chi connectivity index (χ3v) is 20.5. The highest BCUT2D eigenvalue weighted by molar-refractivity contribution is 14.1. The van der Waals surface area contributed by atoms with Gasteiger partial charge in [0.1, 0.15) is 34.2 Å². The number of anilines is 2. The quantitative estimate of drug-likeness (QED) is 0.0243. The Balaban J connectivity index is 0.000000170. The van der Waals surface area contributed by atoms with E-state index in [2.05, 4.69) is 163 Å². The summed E-state index contributed by atoms with van der Waals surface area (Å²) in [6.07, 6.45) is 7.67. The van der Waals surface area contributed by atoms with Gasteiger partial charge in [0.05, 0.1) is 72.3 Å². The van der Waals surface area contributed by atoms with E-state index in [-0.39, 0.29) is 132 Å². The second kappa shape index (κ2) is 48.4. The van der Waals surface area contributed by atoms with Crippen LogP contribution in [0.5, 0.6) is 0 Å². The lowest BCUT2D eigenvalue weighted by atomic mass is 10.0. The number of aromatic carboxylic acids is 2. The summed E-state index contributed by atoms with van der Waals surface area (Å²) in [6.45, 7) is 6.07. The fourth-order valence-corrected chi connectivity index (χ4v) is 14.2. The van der Waals surface area contributed by atoms with Crippen molar-refractivity contribution < 1.29 is 91.9 Å². The molecule has 0 atom stereocenters. The Morgan fingerprint density at radius 2 is 0.814 bits per heavy atom. The van der Waals surface area contributed by atoms with E-state index >= 15 is 0 Å². The molecule has 19 N–H and O–H groups in total. The molecule has 670 valence electrons. The van der Waals surface area contributed by atoms with Gasteiger partial charge in [-0.3, -0.25) is 67.5 Å². The van der Waals surface area contributed by atoms with Crippen LogP contribution in [0.15, 0.2) is 194 Å². The molecule has 0 spiro atoms. The molecule has 0 saturated carbocycles. The molecular weight excluding hydrogens is 2040 g/mol. The van der Waals surface area contributed by atoms with E-state index in [9.17, 15) is 67.1 Å². The predicted octanol–water partition coefficient (Wildman–Crippen LogP) is 14.6. The number of hydrogen-bond acceptors (Lipinski definition) is 20. The highest BCUT2D eigenvalue weighted by Gasteiger charge is 2.30. The lowest BCUT2D eigenvalue weighted by molar-refractivity contribution is -0.143. The Morgan fingerprint density at radius 3 is 1.20 bits per heavy atom. The van der Waals surface area contributed by atoms with Crippen LogP contribution in [0, 0.1) is 0 Å². The van der Waals surface area contributed by atoms with Crippen molar-refractivity contribution in [3.05, 3.63) is 256 Å². The van der Waals surface area contributed by atoms with Crippen LogP contribution in [0.2, 0.25) is 0 Å². The molecule has 0 bridgehead atoms. The van der Waals surface area contributed by atoms with Crippen molar-refractivity contribution in [2.24, 2.45) is 5.73 Å². The first-order valence-corrected chi connectivity index (χ1v) is 44.7. The van der Waals surface area contributed by atoms with E-state index in [0.29, 0.717) is 119 Å². The number of ketones is 3. The van der Waals surface area contributed by atoms with E-state index in [1.807, 2.05) is 77.7 Å². The Bertz CT molecular complexity index is 6500. The van der Waals surface area contributed by atoms with Crippen LogP contribution >= 0.6 is 86.3 Å². The minimum atomic E-state index is -1.07. The van der Waals surface area contributed by atoms with Gasteiger partial charge < -0.3 is 98.1 Å². The van der Waals surface area contributed by atoms with Gasteiger partial charge in [-0.25, -0.2) is 9.59 Å². The molecule has 0 fully saturated rings. The summed E-state index contributed by atoms with van der Waals surface area (Å²) in [6, 6.07) is 44.1. The molecule has 8 aromatic heterocycles. The number of carbonyl (C=O) groups excluding carboxylic acids is 11. The molecule has 0 radical (unpaired) electrons. The fourth-order valence-electron chi connectivity index (χ4n) is 12.7. The molecular formula is C89H85Br4IN16O19. The number of ether oxygens (including phenoxy) is 2. The fraction of sp³-hybridized carbons (Fsp3) is 0.191. The first kappa shape index (κ1) is 99.2. The number of rotatable bonds is 16. The lowest BCUT2D eigenvalue weighted by Gasteiger charge is -2.05.